The minimum absolute atomic E-state index is 0.0641. The predicted octanol–water partition coefficient (Wildman–Crippen LogP) is 4.46. The molecule has 0 amide bonds. The number of benzene rings is 1. The molecule has 0 aromatic heterocycles. The van der Waals surface area contributed by atoms with Gasteiger partial charge in [-0.15, -0.1) is 0 Å². The highest BCUT2D eigenvalue weighted by Gasteiger charge is 2.45. The molecule has 2 rings (SSSR count). The van der Waals surface area contributed by atoms with Gasteiger partial charge in [0.2, 0.25) is 0 Å². The Hall–Kier alpha value is -1.23. The van der Waals surface area contributed by atoms with Crippen molar-refractivity contribution in [2.24, 2.45) is 0 Å². The number of ether oxygens (including phenoxy) is 1. The van der Waals surface area contributed by atoms with Crippen LogP contribution in [0.2, 0.25) is 0 Å². The van der Waals surface area contributed by atoms with Gasteiger partial charge in [-0.3, -0.25) is 0 Å². The van der Waals surface area contributed by atoms with E-state index in [1.54, 1.807) is 0 Å². The molecule has 1 fully saturated rings. The van der Waals surface area contributed by atoms with Crippen molar-refractivity contribution in [3.05, 3.63) is 29.8 Å². The lowest BCUT2D eigenvalue weighted by Gasteiger charge is -2.28. The largest absolute Gasteiger partial charge is 0.416 e. The molecule has 1 N–H and O–H groups in total. The van der Waals surface area contributed by atoms with Crippen molar-refractivity contribution < 1.29 is 17.9 Å². The molecular weight excluding hydrogens is 267 g/mol. The Kier molecular flexibility index (Phi) is 3.53. The lowest BCUT2D eigenvalue weighted by Crippen LogP contribution is -2.38. The van der Waals surface area contributed by atoms with Crippen LogP contribution in [0.25, 0.3) is 0 Å². The number of rotatable bonds is 2. The average Bonchev–Trinajstić information content (AvgIpc) is 2.46. The molecule has 0 spiro atoms. The summed E-state index contributed by atoms with van der Waals surface area (Å²) in [5, 5.41) is 3.27. The van der Waals surface area contributed by atoms with E-state index >= 15 is 0 Å². The zero-order valence-electron chi connectivity index (χ0n) is 12.1. The average molecular weight is 287 g/mol. The molecule has 20 heavy (non-hydrogen) atoms. The van der Waals surface area contributed by atoms with Gasteiger partial charge in [0.25, 0.3) is 0 Å². The molecule has 1 unspecified atom stereocenters. The highest BCUT2D eigenvalue weighted by atomic mass is 19.4. The lowest BCUT2D eigenvalue weighted by atomic mass is 9.94. The molecule has 0 bridgehead atoms. The zero-order chi connectivity index (χ0) is 15.2. The van der Waals surface area contributed by atoms with Gasteiger partial charge in [0.15, 0.2) is 0 Å². The lowest BCUT2D eigenvalue weighted by molar-refractivity contribution is -0.137. The molecule has 1 aromatic rings. The Balaban J connectivity index is 2.11. The first-order valence-electron chi connectivity index (χ1n) is 6.64. The third-order valence-electron chi connectivity index (χ3n) is 3.63. The highest BCUT2D eigenvalue weighted by Crippen LogP contribution is 2.39. The molecule has 1 aliphatic rings. The summed E-state index contributed by atoms with van der Waals surface area (Å²) in [5.74, 6) is 0. The van der Waals surface area contributed by atoms with Gasteiger partial charge >= 0.3 is 6.18 Å². The van der Waals surface area contributed by atoms with Crippen molar-refractivity contribution in [3.8, 4) is 0 Å². The molecule has 1 aliphatic heterocycles. The van der Waals surface area contributed by atoms with E-state index in [-0.39, 0.29) is 17.2 Å². The van der Waals surface area contributed by atoms with Crippen LogP contribution in [-0.2, 0) is 10.9 Å². The van der Waals surface area contributed by atoms with E-state index < -0.39 is 11.7 Å². The number of hydrogen-bond donors (Lipinski definition) is 1. The van der Waals surface area contributed by atoms with E-state index in [0.717, 1.165) is 18.6 Å². The summed E-state index contributed by atoms with van der Waals surface area (Å²) >= 11 is 0. The summed E-state index contributed by atoms with van der Waals surface area (Å²) in [7, 11) is 0. The first kappa shape index (κ1) is 15.2. The fourth-order valence-electron chi connectivity index (χ4n) is 2.74. The van der Waals surface area contributed by atoms with Gasteiger partial charge in [0.1, 0.15) is 0 Å². The molecule has 0 radical (unpaired) electrons. The summed E-state index contributed by atoms with van der Waals surface area (Å²) < 4.78 is 43.5. The Labute approximate surface area is 117 Å². The normalized spacial score (nSPS) is 24.6. The van der Waals surface area contributed by atoms with Gasteiger partial charge in [0, 0.05) is 5.69 Å². The van der Waals surface area contributed by atoms with Gasteiger partial charge < -0.3 is 10.1 Å². The first-order chi connectivity index (χ1) is 9.00. The van der Waals surface area contributed by atoms with Crippen LogP contribution >= 0.6 is 0 Å². The molecule has 112 valence electrons. The maximum atomic E-state index is 12.5. The SMILES string of the molecule is CC1(C)CC(Nc2ccc(C(F)(F)F)cc2)C(C)(C)O1. The van der Waals surface area contributed by atoms with Crippen molar-refractivity contribution in [2.75, 3.05) is 5.32 Å². The molecular formula is C15H20F3NO. The van der Waals surface area contributed by atoms with E-state index in [1.807, 2.05) is 27.7 Å². The van der Waals surface area contributed by atoms with Crippen LogP contribution in [0, 0.1) is 0 Å². The van der Waals surface area contributed by atoms with Crippen molar-refractivity contribution in [1.29, 1.82) is 0 Å². The Bertz CT molecular complexity index is 477. The predicted molar refractivity (Wildman–Crippen MR) is 72.7 cm³/mol. The quantitative estimate of drug-likeness (QED) is 0.867. The minimum atomic E-state index is -4.30. The Morgan fingerprint density at radius 1 is 1.10 bits per heavy atom. The topological polar surface area (TPSA) is 21.3 Å². The highest BCUT2D eigenvalue weighted by molar-refractivity contribution is 5.46. The minimum Gasteiger partial charge on any atom is -0.379 e. The second kappa shape index (κ2) is 4.65. The Morgan fingerprint density at radius 2 is 1.65 bits per heavy atom. The van der Waals surface area contributed by atoms with Gasteiger partial charge in [-0.05, 0) is 58.4 Å². The van der Waals surface area contributed by atoms with Crippen molar-refractivity contribution in [3.63, 3.8) is 0 Å². The number of anilines is 1. The van der Waals surface area contributed by atoms with Gasteiger partial charge in [-0.1, -0.05) is 0 Å². The fraction of sp³-hybridized carbons (Fsp3) is 0.600. The number of nitrogens with one attached hydrogen (secondary N) is 1. The molecule has 5 heteroatoms. The fourth-order valence-corrected chi connectivity index (χ4v) is 2.74. The summed E-state index contributed by atoms with van der Waals surface area (Å²) in [6.45, 7) is 8.01. The first-order valence-corrected chi connectivity index (χ1v) is 6.64. The number of halogens is 3. The van der Waals surface area contributed by atoms with Gasteiger partial charge in [-0.25, -0.2) is 0 Å². The van der Waals surface area contributed by atoms with Crippen LogP contribution in [0.5, 0.6) is 0 Å². The standard InChI is InChI=1S/C15H20F3NO/c1-13(2)9-12(14(3,4)20-13)19-11-7-5-10(6-8-11)15(16,17)18/h5-8,12,19H,9H2,1-4H3. The van der Waals surface area contributed by atoms with Crippen LogP contribution in [-0.4, -0.2) is 17.2 Å². The van der Waals surface area contributed by atoms with Crippen molar-refractivity contribution in [2.45, 2.75) is 57.5 Å². The monoisotopic (exact) mass is 287 g/mol. The van der Waals surface area contributed by atoms with E-state index in [2.05, 4.69) is 5.32 Å². The second-order valence-corrected chi connectivity index (χ2v) is 6.44. The van der Waals surface area contributed by atoms with Crippen LogP contribution in [0.3, 0.4) is 0 Å². The van der Waals surface area contributed by atoms with Crippen LogP contribution in [0.15, 0.2) is 24.3 Å². The Morgan fingerprint density at radius 3 is 2.05 bits per heavy atom. The second-order valence-electron chi connectivity index (χ2n) is 6.44. The molecule has 0 aliphatic carbocycles. The summed E-state index contributed by atoms with van der Waals surface area (Å²) in [4.78, 5) is 0. The van der Waals surface area contributed by atoms with Gasteiger partial charge in [0.05, 0.1) is 22.8 Å². The number of alkyl halides is 3. The van der Waals surface area contributed by atoms with Crippen molar-refractivity contribution >= 4 is 5.69 Å². The third kappa shape index (κ3) is 3.26. The maximum Gasteiger partial charge on any atom is 0.416 e. The van der Waals surface area contributed by atoms with E-state index in [9.17, 15) is 13.2 Å². The van der Waals surface area contributed by atoms with Gasteiger partial charge in [-0.2, -0.15) is 13.2 Å². The molecule has 1 saturated heterocycles. The van der Waals surface area contributed by atoms with E-state index in [0.29, 0.717) is 5.69 Å². The van der Waals surface area contributed by atoms with Crippen molar-refractivity contribution in [1.82, 2.24) is 0 Å². The molecule has 1 atom stereocenters. The third-order valence-corrected chi connectivity index (χ3v) is 3.63. The van der Waals surface area contributed by atoms with Crippen LogP contribution in [0.4, 0.5) is 18.9 Å². The zero-order valence-corrected chi connectivity index (χ0v) is 12.1. The smallest absolute Gasteiger partial charge is 0.379 e. The summed E-state index contributed by atoms with van der Waals surface area (Å²) in [5.41, 5.74) is -0.540. The number of hydrogen-bond acceptors (Lipinski definition) is 2. The maximum absolute atomic E-state index is 12.5. The molecule has 1 heterocycles. The van der Waals surface area contributed by atoms with Crippen LogP contribution in [0.1, 0.15) is 39.7 Å². The van der Waals surface area contributed by atoms with E-state index in [4.69, 9.17) is 4.74 Å². The molecule has 2 nitrogen and oxygen atoms in total. The molecule has 0 saturated carbocycles. The molecule has 1 aromatic carbocycles. The summed E-state index contributed by atoms with van der Waals surface area (Å²) in [6, 6.07) is 5.18. The van der Waals surface area contributed by atoms with Crippen LogP contribution < -0.4 is 5.32 Å². The van der Waals surface area contributed by atoms with E-state index in [1.165, 1.54) is 12.1 Å². The summed E-state index contributed by atoms with van der Waals surface area (Å²) in [6.07, 6.45) is -3.49.